The number of benzene rings is 1. The van der Waals surface area contributed by atoms with Gasteiger partial charge in [-0.3, -0.25) is 0 Å². The van der Waals surface area contributed by atoms with E-state index >= 15 is 0 Å². The van der Waals surface area contributed by atoms with Crippen LogP contribution in [0.3, 0.4) is 0 Å². The van der Waals surface area contributed by atoms with Crippen LogP contribution in [0.1, 0.15) is 24.0 Å². The molecule has 34 heavy (non-hydrogen) atoms. The van der Waals surface area contributed by atoms with Gasteiger partial charge in [0.2, 0.25) is 0 Å². The van der Waals surface area contributed by atoms with Crippen molar-refractivity contribution < 1.29 is 17.6 Å². The average Bonchev–Trinajstić information content (AvgIpc) is 3.14. The molecule has 1 aliphatic carbocycles. The Balaban J connectivity index is 1.11. The quantitative estimate of drug-likeness (QED) is 0.272. The Morgan fingerprint density at radius 3 is 2.76 bits per heavy atom. The molecule has 1 aromatic carbocycles. The Labute approximate surface area is 198 Å². The number of aromatic nitrogens is 5. The molecular formula is C23H22F4N6S. The number of hydrogen-bond acceptors (Lipinski definition) is 6. The van der Waals surface area contributed by atoms with E-state index in [1.54, 1.807) is 24.0 Å². The monoisotopic (exact) mass is 490 g/mol. The predicted molar refractivity (Wildman–Crippen MR) is 120 cm³/mol. The van der Waals surface area contributed by atoms with E-state index in [0.29, 0.717) is 11.9 Å². The lowest BCUT2D eigenvalue weighted by Gasteiger charge is -2.17. The van der Waals surface area contributed by atoms with Crippen molar-refractivity contribution in [3.05, 3.63) is 59.8 Å². The lowest BCUT2D eigenvalue weighted by molar-refractivity contribution is -0.137. The van der Waals surface area contributed by atoms with E-state index in [0.717, 1.165) is 60.7 Å². The highest BCUT2D eigenvalue weighted by atomic mass is 32.2. The summed E-state index contributed by atoms with van der Waals surface area (Å²) in [7, 11) is 1.91. The molecule has 1 fully saturated rings. The van der Waals surface area contributed by atoms with E-state index < -0.39 is 17.6 Å². The first-order chi connectivity index (χ1) is 16.3. The van der Waals surface area contributed by atoms with Crippen LogP contribution in [0, 0.1) is 11.2 Å². The Morgan fingerprint density at radius 2 is 2.03 bits per heavy atom. The van der Waals surface area contributed by atoms with Crippen molar-refractivity contribution in [1.82, 2.24) is 29.6 Å². The highest BCUT2D eigenvalue weighted by Crippen LogP contribution is 2.57. The molecule has 2 aromatic heterocycles. The first kappa shape index (κ1) is 23.0. The first-order valence-electron chi connectivity index (χ1n) is 10.9. The van der Waals surface area contributed by atoms with Gasteiger partial charge in [0.05, 0.1) is 5.56 Å². The topological polar surface area (TPSA) is 59.7 Å². The van der Waals surface area contributed by atoms with Crippen LogP contribution in [0.15, 0.2) is 48.0 Å². The number of hydrogen-bond donors (Lipinski definition) is 0. The third-order valence-electron chi connectivity index (χ3n) is 6.34. The summed E-state index contributed by atoms with van der Waals surface area (Å²) in [6.07, 6.45) is 2.41. The molecule has 0 radical (unpaired) electrons. The maximum absolute atomic E-state index is 14.4. The molecule has 0 amide bonds. The maximum atomic E-state index is 14.4. The van der Waals surface area contributed by atoms with Crippen molar-refractivity contribution in [2.45, 2.75) is 24.2 Å². The van der Waals surface area contributed by atoms with Crippen LogP contribution in [-0.4, -0.2) is 55.0 Å². The fourth-order valence-electron chi connectivity index (χ4n) is 4.48. The summed E-state index contributed by atoms with van der Waals surface area (Å²) in [5.74, 6) is 0.750. The number of halogens is 4. The third kappa shape index (κ3) is 4.46. The van der Waals surface area contributed by atoms with Crippen LogP contribution in [0.5, 0.6) is 0 Å². The molecule has 11 heteroatoms. The summed E-state index contributed by atoms with van der Waals surface area (Å²) in [5.41, 5.74) is 0.668. The van der Waals surface area contributed by atoms with Crippen LogP contribution in [0.4, 0.5) is 17.6 Å². The second kappa shape index (κ2) is 8.77. The summed E-state index contributed by atoms with van der Waals surface area (Å²) in [4.78, 5) is 10.5. The largest absolute Gasteiger partial charge is 0.416 e. The summed E-state index contributed by atoms with van der Waals surface area (Å²) < 4.78 is 54.7. The van der Waals surface area contributed by atoms with Crippen molar-refractivity contribution in [2.75, 3.05) is 25.4 Å². The molecule has 0 saturated carbocycles. The Bertz CT molecular complexity index is 1230. The number of thioether (sulfide) groups is 1. The fourth-order valence-corrected chi connectivity index (χ4v) is 5.31. The van der Waals surface area contributed by atoms with E-state index in [1.807, 2.05) is 17.7 Å². The summed E-state index contributed by atoms with van der Waals surface area (Å²) in [6, 6.07) is 4.60. The van der Waals surface area contributed by atoms with Crippen molar-refractivity contribution in [3.8, 4) is 11.5 Å². The molecular weight excluding hydrogens is 468 g/mol. The van der Waals surface area contributed by atoms with Gasteiger partial charge >= 0.3 is 6.18 Å². The summed E-state index contributed by atoms with van der Waals surface area (Å²) in [5, 5.41) is 9.29. The molecule has 2 aliphatic rings. The number of rotatable bonds is 7. The van der Waals surface area contributed by atoms with Crippen LogP contribution >= 0.6 is 11.8 Å². The fraction of sp³-hybridized carbons (Fsp3) is 0.391. The zero-order valence-corrected chi connectivity index (χ0v) is 19.2. The van der Waals surface area contributed by atoms with Crippen LogP contribution in [-0.2, 0) is 13.2 Å². The number of alkyl halides is 3. The van der Waals surface area contributed by atoms with E-state index in [1.165, 1.54) is 12.4 Å². The van der Waals surface area contributed by atoms with Crippen LogP contribution < -0.4 is 0 Å². The third-order valence-corrected chi connectivity index (χ3v) is 7.44. The van der Waals surface area contributed by atoms with Gasteiger partial charge in [-0.1, -0.05) is 23.9 Å². The average molecular weight is 491 g/mol. The van der Waals surface area contributed by atoms with Gasteiger partial charge in [-0.25, -0.2) is 14.4 Å². The Hall–Kier alpha value is -2.79. The van der Waals surface area contributed by atoms with Crippen molar-refractivity contribution >= 4 is 17.3 Å². The predicted octanol–water partition coefficient (Wildman–Crippen LogP) is 4.70. The van der Waals surface area contributed by atoms with Gasteiger partial charge in [-0.15, -0.1) is 10.2 Å². The highest BCUT2D eigenvalue weighted by Gasteiger charge is 2.50. The van der Waals surface area contributed by atoms with Crippen LogP contribution in [0.25, 0.3) is 17.1 Å². The molecule has 0 N–H and O–H groups in total. The number of likely N-dealkylation sites (tertiary alicyclic amines) is 1. The lowest BCUT2D eigenvalue weighted by Crippen LogP contribution is -2.23. The van der Waals surface area contributed by atoms with Gasteiger partial charge in [-0.2, -0.15) is 13.2 Å². The minimum Gasteiger partial charge on any atom is -0.304 e. The smallest absolute Gasteiger partial charge is 0.304 e. The second-order valence-corrected chi connectivity index (χ2v) is 9.66. The van der Waals surface area contributed by atoms with Gasteiger partial charge in [-0.05, 0) is 49.7 Å². The number of nitrogens with zero attached hydrogens (tertiary/aromatic N) is 6. The summed E-state index contributed by atoms with van der Waals surface area (Å²) in [6.45, 7) is 2.55. The van der Waals surface area contributed by atoms with Crippen LogP contribution in [0.2, 0.25) is 0 Å². The SMILES string of the molecule is Cn1c(SCCCN2CCC3(C=C3c3ccc(C(F)(F)F)cc3F)C2)nnc1-c1ccncn1. The summed E-state index contributed by atoms with van der Waals surface area (Å²) >= 11 is 1.63. The Morgan fingerprint density at radius 1 is 1.18 bits per heavy atom. The molecule has 1 aliphatic heterocycles. The zero-order valence-electron chi connectivity index (χ0n) is 18.4. The van der Waals surface area contributed by atoms with E-state index in [-0.39, 0.29) is 11.0 Å². The molecule has 1 saturated heterocycles. The van der Waals surface area contributed by atoms with E-state index in [4.69, 9.17) is 0 Å². The molecule has 3 heterocycles. The molecule has 5 rings (SSSR count). The Kier molecular flexibility index (Phi) is 5.93. The van der Waals surface area contributed by atoms with Crippen molar-refractivity contribution in [3.63, 3.8) is 0 Å². The lowest BCUT2D eigenvalue weighted by atomic mass is 9.94. The maximum Gasteiger partial charge on any atom is 0.416 e. The standard InChI is InChI=1S/C23H22F4N6S/c1-32-20(19-5-7-28-14-29-19)30-31-21(32)34-10-2-8-33-9-6-22(13-33)12-17(22)16-4-3-15(11-18(16)24)23(25,26)27/h3-5,7,11-12,14H,2,6,8-10,13H2,1H3. The van der Waals surface area contributed by atoms with Gasteiger partial charge in [0, 0.05) is 36.5 Å². The molecule has 1 atom stereocenters. The first-order valence-corrected chi connectivity index (χ1v) is 11.9. The highest BCUT2D eigenvalue weighted by molar-refractivity contribution is 7.99. The minimum atomic E-state index is -4.54. The normalized spacial score (nSPS) is 20.2. The van der Waals surface area contributed by atoms with Crippen molar-refractivity contribution in [2.24, 2.45) is 12.5 Å². The van der Waals surface area contributed by atoms with Gasteiger partial charge in [0.15, 0.2) is 11.0 Å². The van der Waals surface area contributed by atoms with Crippen molar-refractivity contribution in [1.29, 1.82) is 0 Å². The molecule has 178 valence electrons. The molecule has 1 spiro atoms. The molecule has 1 unspecified atom stereocenters. The zero-order chi connectivity index (χ0) is 23.9. The second-order valence-electron chi connectivity index (χ2n) is 8.59. The minimum absolute atomic E-state index is 0.205. The van der Waals surface area contributed by atoms with E-state index in [9.17, 15) is 17.6 Å². The molecule has 0 bridgehead atoms. The van der Waals surface area contributed by atoms with Gasteiger partial charge in [0.25, 0.3) is 0 Å². The van der Waals surface area contributed by atoms with E-state index in [2.05, 4.69) is 25.1 Å². The molecule has 6 nitrogen and oxygen atoms in total. The van der Waals surface area contributed by atoms with Gasteiger partial charge < -0.3 is 9.47 Å². The van der Waals surface area contributed by atoms with Gasteiger partial charge in [0.1, 0.15) is 17.8 Å². The molecule has 3 aromatic rings.